The molecular weight excluding hydrogens is 300 g/mol. The molecule has 0 aromatic heterocycles. The molecule has 1 unspecified atom stereocenters. The molecule has 0 aliphatic heterocycles. The average molecular weight is 317 g/mol. The molecule has 0 saturated heterocycles. The summed E-state index contributed by atoms with van der Waals surface area (Å²) in [6, 6.07) is 15.9. The lowest BCUT2D eigenvalue weighted by molar-refractivity contribution is -0.120. The Balaban J connectivity index is 1.83. The van der Waals surface area contributed by atoms with Gasteiger partial charge in [0.05, 0.1) is 12.6 Å². The van der Waals surface area contributed by atoms with E-state index < -0.39 is 0 Å². The number of amides is 2. The monoisotopic (exact) mass is 316 g/mol. The number of nitrogens with one attached hydrogen (secondary N) is 2. The predicted octanol–water partition coefficient (Wildman–Crippen LogP) is 2.95. The van der Waals surface area contributed by atoms with Gasteiger partial charge in [-0.25, -0.2) is 0 Å². The first kappa shape index (κ1) is 16.0. The number of carbonyl (C=O) groups is 2. The van der Waals surface area contributed by atoms with Crippen LogP contribution in [-0.4, -0.2) is 18.4 Å². The molecule has 0 radical (unpaired) electrons. The summed E-state index contributed by atoms with van der Waals surface area (Å²) in [5.74, 6) is -0.512. The van der Waals surface area contributed by atoms with Crippen molar-refractivity contribution in [2.45, 2.75) is 13.0 Å². The topological polar surface area (TPSA) is 58.2 Å². The predicted molar refractivity (Wildman–Crippen MR) is 86.8 cm³/mol. The highest BCUT2D eigenvalue weighted by Crippen LogP contribution is 2.15. The van der Waals surface area contributed by atoms with Gasteiger partial charge in [0.25, 0.3) is 5.91 Å². The van der Waals surface area contributed by atoms with E-state index in [1.165, 1.54) is 0 Å². The van der Waals surface area contributed by atoms with Crippen molar-refractivity contribution in [3.8, 4) is 0 Å². The van der Waals surface area contributed by atoms with Crippen molar-refractivity contribution in [2.75, 3.05) is 6.54 Å². The molecule has 0 aliphatic carbocycles. The highest BCUT2D eigenvalue weighted by molar-refractivity contribution is 6.30. The van der Waals surface area contributed by atoms with Crippen molar-refractivity contribution >= 4 is 23.4 Å². The molecule has 4 nitrogen and oxygen atoms in total. The van der Waals surface area contributed by atoms with E-state index in [0.717, 1.165) is 5.56 Å². The summed E-state index contributed by atoms with van der Waals surface area (Å²) in [4.78, 5) is 23.7. The Hall–Kier alpha value is -2.33. The Morgan fingerprint density at radius 2 is 1.68 bits per heavy atom. The summed E-state index contributed by atoms with van der Waals surface area (Å²) < 4.78 is 0. The maximum Gasteiger partial charge on any atom is 0.251 e. The van der Waals surface area contributed by atoms with Gasteiger partial charge in [-0.15, -0.1) is 0 Å². The minimum Gasteiger partial charge on any atom is -0.348 e. The summed E-state index contributed by atoms with van der Waals surface area (Å²) in [7, 11) is 0. The molecule has 0 bridgehead atoms. The molecular formula is C17H17ClN2O2. The van der Waals surface area contributed by atoms with Gasteiger partial charge in [-0.2, -0.15) is 0 Å². The average Bonchev–Trinajstić information content (AvgIpc) is 2.54. The van der Waals surface area contributed by atoms with E-state index in [4.69, 9.17) is 11.6 Å². The molecule has 22 heavy (non-hydrogen) atoms. The van der Waals surface area contributed by atoms with Crippen molar-refractivity contribution in [1.82, 2.24) is 10.6 Å². The number of halogens is 1. The second kappa shape index (κ2) is 7.61. The van der Waals surface area contributed by atoms with E-state index in [9.17, 15) is 9.59 Å². The molecule has 0 saturated carbocycles. The summed E-state index contributed by atoms with van der Waals surface area (Å²) in [5.41, 5.74) is 1.48. The highest BCUT2D eigenvalue weighted by Gasteiger charge is 2.11. The molecule has 2 N–H and O–H groups in total. The smallest absolute Gasteiger partial charge is 0.251 e. The zero-order valence-corrected chi connectivity index (χ0v) is 12.9. The van der Waals surface area contributed by atoms with E-state index in [0.29, 0.717) is 10.6 Å². The van der Waals surface area contributed by atoms with Crippen LogP contribution in [0, 0.1) is 0 Å². The maximum absolute atomic E-state index is 11.9. The standard InChI is InChI=1S/C17H17ClN2O2/c1-12(13-7-9-15(18)10-8-13)20-16(21)11-19-17(22)14-5-3-2-4-6-14/h2-10,12H,11H2,1H3,(H,19,22)(H,20,21). The third-order valence-corrected chi connectivity index (χ3v) is 3.44. The lowest BCUT2D eigenvalue weighted by atomic mass is 10.1. The van der Waals surface area contributed by atoms with Gasteiger partial charge in [0, 0.05) is 10.6 Å². The summed E-state index contributed by atoms with van der Waals surface area (Å²) in [6.07, 6.45) is 0. The fourth-order valence-corrected chi connectivity index (χ4v) is 2.11. The zero-order chi connectivity index (χ0) is 15.9. The second-order valence-corrected chi connectivity index (χ2v) is 5.33. The van der Waals surface area contributed by atoms with E-state index in [1.807, 2.05) is 25.1 Å². The molecule has 1 atom stereocenters. The van der Waals surface area contributed by atoms with Crippen LogP contribution in [0.25, 0.3) is 0 Å². The van der Waals surface area contributed by atoms with Gasteiger partial charge >= 0.3 is 0 Å². The lowest BCUT2D eigenvalue weighted by Gasteiger charge is -2.14. The molecule has 0 aliphatic rings. The van der Waals surface area contributed by atoms with E-state index in [1.54, 1.807) is 36.4 Å². The summed E-state index contributed by atoms with van der Waals surface area (Å²) in [5, 5.41) is 6.07. The Morgan fingerprint density at radius 1 is 1.05 bits per heavy atom. The first-order chi connectivity index (χ1) is 10.6. The molecule has 0 fully saturated rings. The van der Waals surface area contributed by atoms with Crippen LogP contribution in [0.3, 0.4) is 0 Å². The van der Waals surface area contributed by atoms with Gasteiger partial charge in [0.2, 0.25) is 5.91 Å². The Morgan fingerprint density at radius 3 is 2.32 bits per heavy atom. The van der Waals surface area contributed by atoms with Gasteiger partial charge in [0.1, 0.15) is 0 Å². The van der Waals surface area contributed by atoms with Crippen LogP contribution >= 0.6 is 11.6 Å². The van der Waals surface area contributed by atoms with Crippen molar-refractivity contribution in [1.29, 1.82) is 0 Å². The third kappa shape index (κ3) is 4.60. The van der Waals surface area contributed by atoms with E-state index >= 15 is 0 Å². The maximum atomic E-state index is 11.9. The van der Waals surface area contributed by atoms with Crippen LogP contribution < -0.4 is 10.6 Å². The number of hydrogen-bond donors (Lipinski definition) is 2. The third-order valence-electron chi connectivity index (χ3n) is 3.19. The molecule has 114 valence electrons. The van der Waals surface area contributed by atoms with Gasteiger partial charge in [-0.3, -0.25) is 9.59 Å². The van der Waals surface area contributed by atoms with Gasteiger partial charge in [-0.05, 0) is 36.8 Å². The zero-order valence-electron chi connectivity index (χ0n) is 12.2. The summed E-state index contributed by atoms with van der Waals surface area (Å²) in [6.45, 7) is 1.81. The number of benzene rings is 2. The van der Waals surface area contributed by atoms with Gasteiger partial charge in [0.15, 0.2) is 0 Å². The van der Waals surface area contributed by atoms with Crippen LogP contribution in [0.2, 0.25) is 5.02 Å². The first-order valence-corrected chi connectivity index (χ1v) is 7.32. The molecule has 5 heteroatoms. The first-order valence-electron chi connectivity index (χ1n) is 6.94. The Labute approximate surface area is 134 Å². The van der Waals surface area contributed by atoms with Crippen molar-refractivity contribution in [3.05, 3.63) is 70.7 Å². The Kier molecular flexibility index (Phi) is 5.55. The number of carbonyl (C=O) groups excluding carboxylic acids is 2. The van der Waals surface area contributed by atoms with Crippen LogP contribution in [0.5, 0.6) is 0 Å². The molecule has 2 aromatic carbocycles. The second-order valence-electron chi connectivity index (χ2n) is 4.89. The van der Waals surface area contributed by atoms with Crippen molar-refractivity contribution in [3.63, 3.8) is 0 Å². The summed E-state index contributed by atoms with van der Waals surface area (Å²) >= 11 is 5.83. The van der Waals surface area contributed by atoms with Crippen molar-refractivity contribution in [2.24, 2.45) is 0 Å². The molecule has 0 heterocycles. The normalized spacial score (nSPS) is 11.5. The minimum atomic E-state index is -0.269. The molecule has 0 spiro atoms. The van der Waals surface area contributed by atoms with Crippen LogP contribution in [0.4, 0.5) is 0 Å². The molecule has 2 rings (SSSR count). The van der Waals surface area contributed by atoms with Gasteiger partial charge < -0.3 is 10.6 Å². The highest BCUT2D eigenvalue weighted by atomic mass is 35.5. The van der Waals surface area contributed by atoms with Gasteiger partial charge in [-0.1, -0.05) is 41.9 Å². The fraction of sp³-hybridized carbons (Fsp3) is 0.176. The quantitative estimate of drug-likeness (QED) is 0.891. The number of rotatable bonds is 5. The van der Waals surface area contributed by atoms with E-state index in [2.05, 4.69) is 10.6 Å². The molecule has 2 amide bonds. The fourth-order valence-electron chi connectivity index (χ4n) is 1.98. The largest absolute Gasteiger partial charge is 0.348 e. The lowest BCUT2D eigenvalue weighted by Crippen LogP contribution is -2.38. The minimum absolute atomic E-state index is 0.0638. The number of hydrogen-bond acceptors (Lipinski definition) is 2. The van der Waals surface area contributed by atoms with Crippen LogP contribution in [0.1, 0.15) is 28.9 Å². The van der Waals surface area contributed by atoms with Crippen molar-refractivity contribution < 1.29 is 9.59 Å². The molecule has 2 aromatic rings. The Bertz CT molecular complexity index is 641. The SMILES string of the molecule is CC(NC(=O)CNC(=O)c1ccccc1)c1ccc(Cl)cc1. The van der Waals surface area contributed by atoms with Crippen LogP contribution in [0.15, 0.2) is 54.6 Å². The van der Waals surface area contributed by atoms with Crippen LogP contribution in [-0.2, 0) is 4.79 Å². The van der Waals surface area contributed by atoms with E-state index in [-0.39, 0.29) is 24.4 Å².